The van der Waals surface area contributed by atoms with Gasteiger partial charge in [-0.1, -0.05) is 36.5 Å². The number of thioether (sulfide) groups is 1. The molecule has 0 aliphatic rings. The molecule has 0 bridgehead atoms. The molecule has 36 heavy (non-hydrogen) atoms. The first kappa shape index (κ1) is 27.9. The molecule has 0 spiro atoms. The molecule has 0 aliphatic heterocycles. The van der Waals surface area contributed by atoms with Crippen LogP contribution in [-0.2, 0) is 28.9 Å². The van der Waals surface area contributed by atoms with Crippen molar-refractivity contribution in [2.24, 2.45) is 0 Å². The van der Waals surface area contributed by atoms with Gasteiger partial charge in [0.05, 0.1) is 11.3 Å². The Morgan fingerprint density at radius 2 is 1.78 bits per heavy atom. The average Bonchev–Trinajstić information content (AvgIpc) is 3.49. The first-order valence-electron chi connectivity index (χ1n) is 11.8. The normalized spacial score (nSPS) is 11.7. The molecule has 3 rings (SSSR count). The molecule has 8 nitrogen and oxygen atoms in total. The third-order valence-corrected chi connectivity index (χ3v) is 7.72. The van der Waals surface area contributed by atoms with Crippen LogP contribution in [-0.4, -0.2) is 55.8 Å². The van der Waals surface area contributed by atoms with Crippen LogP contribution in [0.4, 0.5) is 5.13 Å². The molecule has 3 aromatic heterocycles. The zero-order valence-electron chi connectivity index (χ0n) is 20.5. The van der Waals surface area contributed by atoms with Crippen molar-refractivity contribution < 1.29 is 9.59 Å². The molecular weight excluding hydrogens is 511 g/mol. The van der Waals surface area contributed by atoms with Crippen LogP contribution in [0.3, 0.4) is 0 Å². The number of carbonyl (C=O) groups is 2. The minimum Gasteiger partial charge on any atom is -0.311 e. The molecule has 0 aliphatic carbocycles. The molecule has 12 heteroatoms. The maximum absolute atomic E-state index is 12.3. The monoisotopic (exact) mass is 540 g/mol. The Hall–Kier alpha value is -2.70. The lowest BCUT2D eigenvalue weighted by Gasteiger charge is -2.02. The van der Waals surface area contributed by atoms with Crippen LogP contribution in [0.5, 0.6) is 0 Å². The van der Waals surface area contributed by atoms with Gasteiger partial charge in [-0.2, -0.15) is 16.9 Å². The fourth-order valence-electron chi connectivity index (χ4n) is 3.27. The topological polar surface area (TPSA) is 111 Å². The van der Waals surface area contributed by atoms with E-state index in [1.807, 2.05) is 43.0 Å². The average molecular weight is 541 g/mol. The van der Waals surface area contributed by atoms with Gasteiger partial charge < -0.3 is 10.1 Å². The summed E-state index contributed by atoms with van der Waals surface area (Å²) in [6.45, 7) is 3.99. The molecule has 0 unspecified atom stereocenters. The molecule has 0 fully saturated rings. The van der Waals surface area contributed by atoms with E-state index in [0.29, 0.717) is 25.3 Å². The van der Waals surface area contributed by atoms with Gasteiger partial charge in [0.2, 0.25) is 11.0 Å². The van der Waals surface area contributed by atoms with Crippen molar-refractivity contribution in [1.82, 2.24) is 25.4 Å². The second kappa shape index (κ2) is 15.4. The number of hydrogen-bond acceptors (Lipinski definition) is 10. The number of amides is 1. The lowest BCUT2D eigenvalue weighted by molar-refractivity contribution is -0.115. The van der Waals surface area contributed by atoms with E-state index < -0.39 is 0 Å². The zero-order chi connectivity index (χ0) is 25.6. The number of aryl methyl sites for hydroxylation is 2. The Labute approximate surface area is 224 Å². The molecule has 1 N–H and O–H groups in total. The fraction of sp³-hybridized carbons (Fsp3) is 0.375. The minimum absolute atomic E-state index is 0.0830. The summed E-state index contributed by atoms with van der Waals surface area (Å²) in [7, 11) is 0.314. The number of nitrogens with zero attached hydrogens (tertiary/aromatic N) is 5. The van der Waals surface area contributed by atoms with Gasteiger partial charge in [-0.05, 0) is 48.1 Å². The lowest BCUT2D eigenvalue weighted by atomic mass is 9.72. The number of nitrogens with one attached hydrogen (secondary N) is 1. The Balaban J connectivity index is 1.32. The Bertz CT molecular complexity index is 1180. The largest absolute Gasteiger partial charge is 0.311 e. The highest BCUT2D eigenvalue weighted by atomic mass is 32.2. The van der Waals surface area contributed by atoms with Crippen molar-refractivity contribution in [3.8, 4) is 0 Å². The summed E-state index contributed by atoms with van der Waals surface area (Å²) in [5.74, 6) is 1.74. The number of carbonyl (C=O) groups excluding carboxylic acids is 2. The third kappa shape index (κ3) is 10.1. The van der Waals surface area contributed by atoms with E-state index in [2.05, 4.69) is 43.7 Å². The van der Waals surface area contributed by atoms with E-state index in [9.17, 15) is 9.59 Å². The molecule has 0 aromatic carbocycles. The van der Waals surface area contributed by atoms with Crippen LogP contribution in [0.15, 0.2) is 48.3 Å². The molecule has 1 amide bonds. The van der Waals surface area contributed by atoms with E-state index in [4.69, 9.17) is 0 Å². The van der Waals surface area contributed by atoms with Crippen molar-refractivity contribution >= 4 is 63.3 Å². The predicted molar refractivity (Wildman–Crippen MR) is 151 cm³/mol. The van der Waals surface area contributed by atoms with E-state index in [-0.39, 0.29) is 11.6 Å². The van der Waals surface area contributed by atoms with Crippen molar-refractivity contribution in [3.05, 3.63) is 63.9 Å². The van der Waals surface area contributed by atoms with Crippen molar-refractivity contribution in [2.75, 3.05) is 16.8 Å². The highest BCUT2D eigenvalue weighted by molar-refractivity contribution is 7.99. The summed E-state index contributed by atoms with van der Waals surface area (Å²) in [5, 5.41) is 21.9. The number of rotatable bonds is 15. The van der Waals surface area contributed by atoms with Crippen LogP contribution in [0.1, 0.15) is 42.3 Å². The fourth-order valence-corrected chi connectivity index (χ4v) is 6.04. The highest BCUT2D eigenvalue weighted by Gasteiger charge is 2.13. The summed E-state index contributed by atoms with van der Waals surface area (Å²) in [4.78, 5) is 29.3. The summed E-state index contributed by atoms with van der Waals surface area (Å²) < 4.78 is 0. The number of anilines is 1. The van der Waals surface area contributed by atoms with Crippen molar-refractivity contribution in [1.29, 1.82) is 0 Å². The van der Waals surface area contributed by atoms with Crippen molar-refractivity contribution in [2.45, 2.75) is 46.0 Å². The van der Waals surface area contributed by atoms with E-state index in [1.165, 1.54) is 22.7 Å². The molecule has 0 saturated carbocycles. The second-order valence-electron chi connectivity index (χ2n) is 7.86. The van der Waals surface area contributed by atoms with Gasteiger partial charge in [-0.25, -0.2) is 0 Å². The maximum Gasteiger partial charge on any atom is 0.279 e. The zero-order valence-corrected chi connectivity index (χ0v) is 22.9. The first-order chi connectivity index (χ1) is 17.6. The second-order valence-corrected chi connectivity index (χ2v) is 11.3. The van der Waals surface area contributed by atoms with Crippen LogP contribution >= 0.6 is 34.4 Å². The molecular formula is C24H29BN6O2S3. The lowest BCUT2D eigenvalue weighted by Crippen LogP contribution is -2.24. The van der Waals surface area contributed by atoms with Crippen molar-refractivity contribution in [3.63, 3.8) is 0 Å². The summed E-state index contributed by atoms with van der Waals surface area (Å²) in [5.41, 5.74) is 2.09. The maximum atomic E-state index is 12.3. The molecule has 3 heterocycles. The highest BCUT2D eigenvalue weighted by Crippen LogP contribution is 2.19. The van der Waals surface area contributed by atoms with Crippen LogP contribution in [0.2, 0.25) is 0 Å². The Morgan fingerprint density at radius 3 is 2.50 bits per heavy atom. The van der Waals surface area contributed by atoms with Crippen LogP contribution in [0, 0.1) is 0 Å². The van der Waals surface area contributed by atoms with Gasteiger partial charge in [0.15, 0.2) is 0 Å². The van der Waals surface area contributed by atoms with Gasteiger partial charge >= 0.3 is 0 Å². The summed E-state index contributed by atoms with van der Waals surface area (Å²) >= 11 is 4.74. The number of allylic oxidation sites excluding steroid dienone is 3. The number of hydrogen-bond donors (Lipinski definition) is 1. The number of pyridine rings is 1. The minimum atomic E-state index is -0.0830. The molecule has 0 radical (unpaired) electrons. The Morgan fingerprint density at radius 1 is 1.06 bits per heavy atom. The van der Waals surface area contributed by atoms with Crippen LogP contribution in [0.25, 0.3) is 0 Å². The molecule has 188 valence electrons. The van der Waals surface area contributed by atoms with Gasteiger partial charge in [-0.15, -0.1) is 26.6 Å². The standard InChI is InChI=1S/C24H29BN6O2S3/c1-3-5-17(6-4-2)16-20(33)27-24-31-29-22(36-24)10-14-34-13-9-21-28-30-23(35-21)25-19(32)15-18-7-11-26-12-8-18/h3,5-8,11-12,25H,4,9-10,13-16H2,1-2H3,(H,27,31,33)/b5-3-,17-6+. The predicted octanol–water partition coefficient (Wildman–Crippen LogP) is 3.38. The summed E-state index contributed by atoms with van der Waals surface area (Å²) in [6, 6.07) is 3.71. The number of aromatic nitrogens is 5. The van der Waals surface area contributed by atoms with E-state index in [1.54, 1.807) is 12.4 Å². The van der Waals surface area contributed by atoms with Gasteiger partial charge in [0.1, 0.15) is 15.7 Å². The molecule has 0 saturated heterocycles. The smallest absolute Gasteiger partial charge is 0.279 e. The van der Waals surface area contributed by atoms with E-state index in [0.717, 1.165) is 56.8 Å². The van der Waals surface area contributed by atoms with Gasteiger partial charge in [0.25, 0.3) is 7.28 Å². The summed E-state index contributed by atoms with van der Waals surface area (Å²) in [6.07, 6.45) is 12.5. The SMILES string of the molecule is C/C=C\C(=C/CC)CC(=O)Nc1nnc(CCSCCc2nnc(BC(=O)Cc3ccncc3)s2)s1. The molecule has 0 atom stereocenters. The first-order valence-corrected chi connectivity index (χ1v) is 14.6. The quantitative estimate of drug-likeness (QED) is 0.178. The third-order valence-electron chi connectivity index (χ3n) is 4.85. The van der Waals surface area contributed by atoms with E-state index >= 15 is 0 Å². The van der Waals surface area contributed by atoms with Gasteiger partial charge in [0, 0.05) is 31.7 Å². The van der Waals surface area contributed by atoms with Gasteiger partial charge in [-0.3, -0.25) is 9.78 Å². The van der Waals surface area contributed by atoms with Crippen LogP contribution < -0.4 is 10.2 Å². The Kier molecular flexibility index (Phi) is 11.9. The molecule has 3 aromatic rings.